The molecule has 24 heavy (non-hydrogen) atoms. The summed E-state index contributed by atoms with van der Waals surface area (Å²) in [7, 11) is 0. The number of fused-ring (bicyclic) bond motifs is 1. The van der Waals surface area contributed by atoms with Gasteiger partial charge in [0.1, 0.15) is 24.4 Å². The van der Waals surface area contributed by atoms with E-state index in [0.29, 0.717) is 0 Å². The molecule has 1 fully saturated rings. The molecule has 3 unspecified atom stereocenters. The van der Waals surface area contributed by atoms with E-state index >= 15 is 0 Å². The number of hydrogen-bond acceptors (Lipinski definition) is 11. The molecule has 2 heterocycles. The lowest BCUT2D eigenvalue weighted by Crippen LogP contribution is -2.61. The normalized spacial score (nSPS) is 30.4. The summed E-state index contributed by atoms with van der Waals surface area (Å²) in [6, 6.07) is 1.28. The van der Waals surface area contributed by atoms with Crippen LogP contribution in [-0.4, -0.2) is 72.9 Å². The number of rotatable bonds is 4. The Morgan fingerprint density at radius 1 is 1.21 bits per heavy atom. The lowest BCUT2D eigenvalue weighted by atomic mass is 9.96. The van der Waals surface area contributed by atoms with Crippen molar-refractivity contribution in [2.45, 2.75) is 30.6 Å². The molecule has 5 atom stereocenters. The number of nitrogens with one attached hydrogen (secondary N) is 1. The van der Waals surface area contributed by atoms with Crippen molar-refractivity contribution >= 4 is 22.4 Å². The molecule has 1 aliphatic rings. The molecule has 1 aromatic heterocycles. The molecule has 1 saturated heterocycles. The summed E-state index contributed by atoms with van der Waals surface area (Å²) in [5.41, 5.74) is -0.238. The minimum absolute atomic E-state index is 0.0161. The van der Waals surface area contributed by atoms with Crippen LogP contribution in [-0.2, 0) is 4.74 Å². The third-order valence-electron chi connectivity index (χ3n) is 3.81. The van der Waals surface area contributed by atoms with E-state index in [4.69, 9.17) is 9.84 Å². The third-order valence-corrected chi connectivity index (χ3v) is 3.81. The van der Waals surface area contributed by atoms with Crippen molar-refractivity contribution < 1.29 is 34.7 Å². The number of nitrogens with zero attached hydrogens (tertiary/aromatic N) is 3. The Bertz CT molecular complexity index is 752. The second kappa shape index (κ2) is 6.26. The summed E-state index contributed by atoms with van der Waals surface area (Å²) in [5, 5.41) is 59.7. The van der Waals surface area contributed by atoms with Gasteiger partial charge in [-0.25, -0.2) is 4.63 Å². The molecule has 0 saturated carbocycles. The zero-order valence-corrected chi connectivity index (χ0v) is 12.0. The van der Waals surface area contributed by atoms with Crippen molar-refractivity contribution in [3.05, 3.63) is 22.2 Å². The van der Waals surface area contributed by atoms with Crippen LogP contribution >= 0.6 is 0 Å². The summed E-state index contributed by atoms with van der Waals surface area (Å²) in [6.07, 6.45) is -5.61. The zero-order chi connectivity index (χ0) is 17.4. The van der Waals surface area contributed by atoms with Gasteiger partial charge in [0.25, 0.3) is 0 Å². The molecule has 1 aliphatic heterocycles. The summed E-state index contributed by atoms with van der Waals surface area (Å²) in [5.74, 6) is 0. The van der Waals surface area contributed by atoms with Crippen LogP contribution in [0.5, 0.6) is 0 Å². The van der Waals surface area contributed by atoms with Gasteiger partial charge in [0.05, 0.1) is 17.2 Å². The molecular weight excluding hydrogens is 328 g/mol. The van der Waals surface area contributed by atoms with Crippen molar-refractivity contribution in [1.82, 2.24) is 10.3 Å². The van der Waals surface area contributed by atoms with Gasteiger partial charge in [-0.05, 0) is 16.4 Å². The number of nitro groups is 1. The van der Waals surface area contributed by atoms with Gasteiger partial charge in [0.2, 0.25) is 5.52 Å². The predicted octanol–water partition coefficient (Wildman–Crippen LogP) is -1.66. The number of aliphatic hydroxyl groups is 4. The van der Waals surface area contributed by atoms with E-state index in [0.717, 1.165) is 6.07 Å². The van der Waals surface area contributed by atoms with Gasteiger partial charge in [0, 0.05) is 6.07 Å². The second-order valence-electron chi connectivity index (χ2n) is 5.25. The molecule has 2 aromatic rings. The van der Waals surface area contributed by atoms with Gasteiger partial charge < -0.3 is 30.5 Å². The number of aromatic nitrogens is 2. The Hall–Kier alpha value is -2.38. The largest absolute Gasteiger partial charge is 0.394 e. The molecule has 0 bridgehead atoms. The highest BCUT2D eigenvalue weighted by molar-refractivity contribution is 5.93. The number of hydrogen-bond donors (Lipinski definition) is 5. The molecule has 0 spiro atoms. The first-order chi connectivity index (χ1) is 11.4. The van der Waals surface area contributed by atoms with Crippen LogP contribution in [0.2, 0.25) is 0 Å². The highest BCUT2D eigenvalue weighted by Crippen LogP contribution is 2.31. The van der Waals surface area contributed by atoms with Crippen LogP contribution in [0.25, 0.3) is 11.0 Å². The van der Waals surface area contributed by atoms with Crippen LogP contribution in [0.15, 0.2) is 16.8 Å². The summed E-state index contributed by atoms with van der Waals surface area (Å²) in [4.78, 5) is 10.3. The van der Waals surface area contributed by atoms with Gasteiger partial charge in [-0.3, -0.25) is 10.1 Å². The van der Waals surface area contributed by atoms with Gasteiger partial charge in [-0.1, -0.05) is 0 Å². The summed E-state index contributed by atoms with van der Waals surface area (Å²) in [6.45, 7) is -0.586. The fraction of sp³-hybridized carbons (Fsp3) is 0.500. The molecule has 3 rings (SSSR count). The average molecular weight is 342 g/mol. The van der Waals surface area contributed by atoms with Crippen molar-refractivity contribution in [3.63, 3.8) is 0 Å². The maximum Gasteiger partial charge on any atom is 0.300 e. The lowest BCUT2D eigenvalue weighted by Gasteiger charge is -2.40. The fourth-order valence-corrected chi connectivity index (χ4v) is 2.55. The highest BCUT2D eigenvalue weighted by atomic mass is 16.6. The minimum atomic E-state index is -1.55. The maximum atomic E-state index is 10.9. The van der Waals surface area contributed by atoms with Crippen molar-refractivity contribution in [2.24, 2.45) is 0 Å². The number of nitro benzene ring substituents is 1. The van der Waals surface area contributed by atoms with Crippen LogP contribution < -0.4 is 5.32 Å². The third kappa shape index (κ3) is 2.65. The Kier molecular flexibility index (Phi) is 4.29. The molecule has 130 valence electrons. The number of benzene rings is 1. The van der Waals surface area contributed by atoms with Crippen molar-refractivity contribution in [1.29, 1.82) is 0 Å². The molecule has 0 amide bonds. The fourth-order valence-electron chi connectivity index (χ4n) is 2.55. The van der Waals surface area contributed by atoms with Crippen molar-refractivity contribution in [2.75, 3.05) is 11.9 Å². The van der Waals surface area contributed by atoms with Crippen LogP contribution in [0.3, 0.4) is 0 Å². The van der Waals surface area contributed by atoms with E-state index in [1.165, 1.54) is 6.07 Å². The van der Waals surface area contributed by atoms with E-state index in [9.17, 15) is 25.4 Å². The Balaban J connectivity index is 1.91. The van der Waals surface area contributed by atoms with Gasteiger partial charge in [0.15, 0.2) is 11.8 Å². The van der Waals surface area contributed by atoms with Crippen LogP contribution in [0, 0.1) is 10.1 Å². The van der Waals surface area contributed by atoms with Gasteiger partial charge in [-0.15, -0.1) is 0 Å². The van der Waals surface area contributed by atoms with E-state index in [2.05, 4.69) is 20.3 Å². The summed E-state index contributed by atoms with van der Waals surface area (Å²) >= 11 is 0. The van der Waals surface area contributed by atoms with E-state index in [1.54, 1.807) is 0 Å². The molecule has 12 nitrogen and oxygen atoms in total. The van der Waals surface area contributed by atoms with Crippen LogP contribution in [0.4, 0.5) is 11.4 Å². The van der Waals surface area contributed by atoms with Crippen molar-refractivity contribution in [3.8, 4) is 0 Å². The highest BCUT2D eigenvalue weighted by Gasteiger charge is 2.44. The molecular formula is C12H14N4O8. The Morgan fingerprint density at radius 3 is 2.58 bits per heavy atom. The smallest absolute Gasteiger partial charge is 0.300 e. The van der Waals surface area contributed by atoms with Crippen LogP contribution in [0.1, 0.15) is 0 Å². The monoisotopic (exact) mass is 342 g/mol. The Labute approximate surface area is 133 Å². The minimum Gasteiger partial charge on any atom is -0.394 e. The van der Waals surface area contributed by atoms with Gasteiger partial charge in [-0.2, -0.15) is 0 Å². The quantitative estimate of drug-likeness (QED) is 0.316. The second-order valence-corrected chi connectivity index (χ2v) is 5.25. The molecule has 5 N–H and O–H groups in total. The summed E-state index contributed by atoms with van der Waals surface area (Å²) < 4.78 is 9.54. The van der Waals surface area contributed by atoms with E-state index in [1.807, 2.05) is 0 Å². The number of anilines is 1. The Morgan fingerprint density at radius 2 is 1.92 bits per heavy atom. The lowest BCUT2D eigenvalue weighted by molar-refractivity contribution is -0.383. The van der Waals surface area contributed by atoms with E-state index in [-0.39, 0.29) is 22.4 Å². The number of non-ortho nitro benzene ring substituents is 1. The topological polar surface area (TPSA) is 184 Å². The first kappa shape index (κ1) is 16.5. The molecule has 0 radical (unpaired) electrons. The predicted molar refractivity (Wildman–Crippen MR) is 75.8 cm³/mol. The maximum absolute atomic E-state index is 10.9. The molecule has 12 heteroatoms. The number of aliphatic hydroxyl groups excluding tert-OH is 4. The SMILES string of the molecule is O=[N+]([O-])c1ccc(N[C@@H]2C(O)OC(CO)[C@@H](O)C2O)c2nonc12. The standard InChI is InChI=1S/C12H14N4O8/c17-3-6-10(18)11(19)9(12(20)23-6)13-4-1-2-5(16(21)22)8-7(4)14-24-15-8/h1-2,6,9-13,17-20H,3H2/t6?,9-,10+,11?,12?/m0/s1. The first-order valence-corrected chi connectivity index (χ1v) is 6.90. The van der Waals surface area contributed by atoms with E-state index < -0.39 is 42.2 Å². The first-order valence-electron chi connectivity index (χ1n) is 6.90. The average Bonchev–Trinajstić information content (AvgIpc) is 3.04. The van der Waals surface area contributed by atoms with Gasteiger partial charge >= 0.3 is 5.69 Å². The molecule has 0 aliphatic carbocycles. The zero-order valence-electron chi connectivity index (χ0n) is 12.0. The molecule has 1 aromatic carbocycles. The number of ether oxygens (including phenoxy) is 1.